The number of nitrogens with one attached hydrogen (secondary N) is 1. The van der Waals surface area contributed by atoms with E-state index < -0.39 is 0 Å². The van der Waals surface area contributed by atoms with Crippen molar-refractivity contribution >= 4 is 5.91 Å². The third-order valence-electron chi connectivity index (χ3n) is 2.38. The van der Waals surface area contributed by atoms with Gasteiger partial charge >= 0.3 is 0 Å². The number of nitrogens with zero attached hydrogens (tertiary/aromatic N) is 1. The van der Waals surface area contributed by atoms with Crippen molar-refractivity contribution in [3.8, 4) is 11.8 Å². The van der Waals surface area contributed by atoms with Crippen molar-refractivity contribution < 1.29 is 9.53 Å². The molecule has 0 aliphatic carbocycles. The van der Waals surface area contributed by atoms with Gasteiger partial charge < -0.3 is 15.8 Å². The number of carbonyl (C=O) groups excluding carboxylic acids is 1. The Bertz CT molecular complexity index is 452. The van der Waals surface area contributed by atoms with Gasteiger partial charge in [0.15, 0.2) is 0 Å². The van der Waals surface area contributed by atoms with Crippen LogP contribution in [0.5, 0.6) is 5.75 Å². The van der Waals surface area contributed by atoms with Gasteiger partial charge in [-0.3, -0.25) is 4.79 Å². The molecular formula is C13H17N3O2. The Morgan fingerprint density at radius 2 is 2.33 bits per heavy atom. The molecular weight excluding hydrogens is 230 g/mol. The number of ether oxygens (including phenoxy) is 1. The molecule has 1 aromatic rings. The second-order valence-electron chi connectivity index (χ2n) is 3.70. The lowest BCUT2D eigenvalue weighted by molar-refractivity contribution is -0.120. The highest BCUT2D eigenvalue weighted by Gasteiger charge is 2.06. The molecule has 96 valence electrons. The van der Waals surface area contributed by atoms with Crippen LogP contribution in [0.3, 0.4) is 0 Å². The highest BCUT2D eigenvalue weighted by molar-refractivity contribution is 5.75. The predicted octanol–water partition coefficient (Wildman–Crippen LogP) is 0.922. The summed E-state index contributed by atoms with van der Waals surface area (Å²) in [6, 6.07) is 7.24. The van der Waals surface area contributed by atoms with Gasteiger partial charge in [0, 0.05) is 19.5 Å². The summed E-state index contributed by atoms with van der Waals surface area (Å²) in [6.45, 7) is 2.96. The van der Waals surface area contributed by atoms with Gasteiger partial charge in [-0.05, 0) is 23.8 Å². The van der Waals surface area contributed by atoms with Gasteiger partial charge in [-0.2, -0.15) is 5.26 Å². The van der Waals surface area contributed by atoms with E-state index in [2.05, 4.69) is 11.4 Å². The Balaban J connectivity index is 2.79. The lowest BCUT2D eigenvalue weighted by Crippen LogP contribution is -2.22. The predicted molar refractivity (Wildman–Crippen MR) is 67.8 cm³/mol. The zero-order chi connectivity index (χ0) is 13.4. The second-order valence-corrected chi connectivity index (χ2v) is 3.70. The summed E-state index contributed by atoms with van der Waals surface area (Å²) in [5.74, 6) is 0.604. The first-order chi connectivity index (χ1) is 8.71. The molecule has 18 heavy (non-hydrogen) atoms. The summed E-state index contributed by atoms with van der Waals surface area (Å²) in [5.41, 5.74) is 6.63. The first-order valence-electron chi connectivity index (χ1n) is 5.83. The third kappa shape index (κ3) is 4.07. The summed E-state index contributed by atoms with van der Waals surface area (Å²) in [4.78, 5) is 11.2. The lowest BCUT2D eigenvalue weighted by Gasteiger charge is -2.09. The van der Waals surface area contributed by atoms with E-state index in [-0.39, 0.29) is 5.91 Å². The van der Waals surface area contributed by atoms with Crippen LogP contribution >= 0.6 is 0 Å². The molecule has 1 amide bonds. The Labute approximate surface area is 107 Å². The van der Waals surface area contributed by atoms with Gasteiger partial charge in [-0.1, -0.05) is 6.92 Å². The molecule has 1 rings (SSSR count). The summed E-state index contributed by atoms with van der Waals surface area (Å²) in [5, 5.41) is 11.7. The number of hydrogen-bond acceptors (Lipinski definition) is 4. The fourth-order valence-electron chi connectivity index (χ4n) is 1.41. The van der Waals surface area contributed by atoms with Crippen LogP contribution in [0.4, 0.5) is 0 Å². The monoisotopic (exact) mass is 247 g/mol. The van der Waals surface area contributed by atoms with Crippen LogP contribution in [0, 0.1) is 11.3 Å². The molecule has 0 radical (unpaired) electrons. The smallest absolute Gasteiger partial charge is 0.219 e. The molecule has 0 saturated heterocycles. The average molecular weight is 247 g/mol. The Kier molecular flexibility index (Phi) is 5.68. The summed E-state index contributed by atoms with van der Waals surface area (Å²) in [6.07, 6.45) is 0.422. The molecule has 0 aromatic heterocycles. The average Bonchev–Trinajstić information content (AvgIpc) is 2.42. The largest absolute Gasteiger partial charge is 0.492 e. The van der Waals surface area contributed by atoms with Crippen LogP contribution in [-0.4, -0.2) is 19.1 Å². The maximum atomic E-state index is 11.2. The highest BCUT2D eigenvalue weighted by Crippen LogP contribution is 2.17. The van der Waals surface area contributed by atoms with E-state index in [1.54, 1.807) is 25.1 Å². The van der Waals surface area contributed by atoms with Gasteiger partial charge in [0.25, 0.3) is 0 Å². The minimum absolute atomic E-state index is 0.0489. The van der Waals surface area contributed by atoms with Crippen LogP contribution in [0.25, 0.3) is 0 Å². The molecule has 0 spiro atoms. The number of nitriles is 1. The molecule has 5 nitrogen and oxygen atoms in total. The lowest BCUT2D eigenvalue weighted by atomic mass is 10.1. The van der Waals surface area contributed by atoms with Gasteiger partial charge in [0.2, 0.25) is 5.91 Å². The highest BCUT2D eigenvalue weighted by atomic mass is 16.5. The van der Waals surface area contributed by atoms with Crippen molar-refractivity contribution in [3.63, 3.8) is 0 Å². The molecule has 0 aliphatic rings. The third-order valence-corrected chi connectivity index (χ3v) is 2.38. The first kappa shape index (κ1) is 14.0. The van der Waals surface area contributed by atoms with Crippen molar-refractivity contribution in [2.75, 3.05) is 13.2 Å². The number of carbonyl (C=O) groups is 1. The SMILES string of the molecule is CCC(=O)NCc1cc(OCCN)ccc1C#N. The van der Waals surface area contributed by atoms with Gasteiger partial charge in [-0.25, -0.2) is 0 Å². The van der Waals surface area contributed by atoms with Crippen LogP contribution in [0.15, 0.2) is 18.2 Å². The van der Waals surface area contributed by atoms with Gasteiger partial charge in [0.05, 0.1) is 11.6 Å². The second kappa shape index (κ2) is 7.30. The fourth-order valence-corrected chi connectivity index (χ4v) is 1.41. The van der Waals surface area contributed by atoms with Crippen LogP contribution in [0.1, 0.15) is 24.5 Å². The Morgan fingerprint density at radius 1 is 1.56 bits per heavy atom. The van der Waals surface area contributed by atoms with Crippen molar-refractivity contribution in [1.29, 1.82) is 5.26 Å². The van der Waals surface area contributed by atoms with Crippen molar-refractivity contribution in [1.82, 2.24) is 5.32 Å². The quantitative estimate of drug-likeness (QED) is 0.782. The zero-order valence-corrected chi connectivity index (χ0v) is 10.4. The molecule has 0 bridgehead atoms. The molecule has 0 unspecified atom stereocenters. The maximum absolute atomic E-state index is 11.2. The number of nitrogens with two attached hydrogens (primary N) is 1. The molecule has 3 N–H and O–H groups in total. The summed E-state index contributed by atoms with van der Waals surface area (Å²) < 4.78 is 5.38. The molecule has 0 aliphatic heterocycles. The molecule has 0 saturated carbocycles. The number of rotatable bonds is 6. The van der Waals surface area contributed by atoms with Crippen molar-refractivity contribution in [3.05, 3.63) is 29.3 Å². The van der Waals surface area contributed by atoms with Gasteiger partial charge in [-0.15, -0.1) is 0 Å². The number of hydrogen-bond donors (Lipinski definition) is 2. The molecule has 1 aromatic carbocycles. The summed E-state index contributed by atoms with van der Waals surface area (Å²) >= 11 is 0. The zero-order valence-electron chi connectivity index (χ0n) is 10.4. The standard InChI is InChI=1S/C13H17N3O2/c1-2-13(17)16-9-11-7-12(18-6-5-14)4-3-10(11)8-15/h3-4,7H,2,5-6,9,14H2,1H3,(H,16,17). The van der Waals surface area contributed by atoms with Gasteiger partial charge in [0.1, 0.15) is 12.4 Å². The van der Waals surface area contributed by atoms with Crippen LogP contribution in [0.2, 0.25) is 0 Å². The summed E-state index contributed by atoms with van der Waals surface area (Å²) in [7, 11) is 0. The number of benzene rings is 1. The van der Waals surface area contributed by atoms with Crippen molar-refractivity contribution in [2.24, 2.45) is 5.73 Å². The van der Waals surface area contributed by atoms with Crippen LogP contribution < -0.4 is 15.8 Å². The maximum Gasteiger partial charge on any atom is 0.219 e. The van der Waals surface area contributed by atoms with E-state index in [1.807, 2.05) is 0 Å². The molecule has 0 heterocycles. The van der Waals surface area contributed by atoms with E-state index in [0.29, 0.717) is 37.4 Å². The van der Waals surface area contributed by atoms with Crippen LogP contribution in [-0.2, 0) is 11.3 Å². The normalized spacial score (nSPS) is 9.61. The van der Waals surface area contributed by atoms with E-state index >= 15 is 0 Å². The first-order valence-corrected chi connectivity index (χ1v) is 5.83. The fraction of sp³-hybridized carbons (Fsp3) is 0.385. The Hall–Kier alpha value is -2.06. The molecule has 5 heteroatoms. The van der Waals surface area contributed by atoms with E-state index in [1.165, 1.54) is 0 Å². The minimum Gasteiger partial charge on any atom is -0.492 e. The molecule has 0 atom stereocenters. The topological polar surface area (TPSA) is 88.1 Å². The minimum atomic E-state index is -0.0489. The van der Waals surface area contributed by atoms with Crippen molar-refractivity contribution in [2.45, 2.75) is 19.9 Å². The Morgan fingerprint density at radius 3 is 2.94 bits per heavy atom. The number of amides is 1. The van der Waals surface area contributed by atoms with E-state index in [4.69, 9.17) is 15.7 Å². The van der Waals surface area contributed by atoms with E-state index in [9.17, 15) is 4.79 Å². The molecule has 0 fully saturated rings. The van der Waals surface area contributed by atoms with E-state index in [0.717, 1.165) is 5.56 Å².